The Morgan fingerprint density at radius 2 is 2.24 bits per heavy atom. The van der Waals surface area contributed by atoms with Crippen molar-refractivity contribution >= 4 is 10.2 Å². The molecule has 2 N–H and O–H groups in total. The molecule has 2 rings (SSSR count). The summed E-state index contributed by atoms with van der Waals surface area (Å²) >= 11 is 0. The predicted octanol–water partition coefficient (Wildman–Crippen LogP) is -0.881. The summed E-state index contributed by atoms with van der Waals surface area (Å²) in [5.74, 6) is 0.773. The summed E-state index contributed by atoms with van der Waals surface area (Å²) in [4.78, 5) is 6.95. The molecule has 0 saturated carbocycles. The van der Waals surface area contributed by atoms with E-state index in [0.29, 0.717) is 39.3 Å². The quantitative estimate of drug-likeness (QED) is 0.719. The van der Waals surface area contributed by atoms with E-state index in [-0.39, 0.29) is 0 Å². The Bertz CT molecular complexity index is 425. The van der Waals surface area contributed by atoms with E-state index >= 15 is 0 Å². The van der Waals surface area contributed by atoms with Gasteiger partial charge in [-0.1, -0.05) is 0 Å². The van der Waals surface area contributed by atoms with Crippen LogP contribution in [0.5, 0.6) is 0 Å². The first kappa shape index (κ1) is 12.5. The van der Waals surface area contributed by atoms with Crippen LogP contribution in [0.25, 0.3) is 0 Å². The average Bonchev–Trinajstić information content (AvgIpc) is 2.83. The van der Waals surface area contributed by atoms with E-state index in [0.717, 1.165) is 5.82 Å². The minimum absolute atomic E-state index is 0.340. The second-order valence-electron chi connectivity index (χ2n) is 3.70. The topological polar surface area (TPSA) is 87.3 Å². The number of ether oxygens (including phenoxy) is 1. The van der Waals surface area contributed by atoms with Crippen molar-refractivity contribution in [1.82, 2.24) is 19.0 Å². The highest BCUT2D eigenvalue weighted by atomic mass is 32.2. The first-order valence-corrected chi connectivity index (χ1v) is 6.93. The fraction of sp³-hybridized carbons (Fsp3) is 0.667. The summed E-state index contributed by atoms with van der Waals surface area (Å²) in [6.07, 6.45) is 3.91. The minimum Gasteiger partial charge on any atom is -0.379 e. The van der Waals surface area contributed by atoms with Crippen LogP contribution in [-0.2, 0) is 21.4 Å². The van der Waals surface area contributed by atoms with Gasteiger partial charge in [0.25, 0.3) is 10.2 Å². The minimum atomic E-state index is -3.37. The standard InChI is InChI=1S/C9H16N4O3S/c14-17(15,13-5-7-16-8-6-13)12-2-1-9-10-3-4-11-9/h3-4,12H,1-2,5-8H2,(H,10,11). The molecule has 0 unspecified atom stereocenters. The first-order valence-electron chi connectivity index (χ1n) is 5.49. The Balaban J connectivity index is 1.80. The van der Waals surface area contributed by atoms with Gasteiger partial charge in [0, 0.05) is 38.4 Å². The average molecular weight is 260 g/mol. The van der Waals surface area contributed by atoms with Crippen molar-refractivity contribution in [2.45, 2.75) is 6.42 Å². The predicted molar refractivity (Wildman–Crippen MR) is 61.6 cm³/mol. The summed E-state index contributed by atoms with van der Waals surface area (Å²) in [6, 6.07) is 0. The second kappa shape index (κ2) is 5.58. The number of H-pyrrole nitrogens is 1. The maximum absolute atomic E-state index is 11.8. The van der Waals surface area contributed by atoms with Crippen molar-refractivity contribution < 1.29 is 13.2 Å². The number of imidazole rings is 1. The molecule has 96 valence electrons. The van der Waals surface area contributed by atoms with E-state index in [2.05, 4.69) is 14.7 Å². The van der Waals surface area contributed by atoms with E-state index < -0.39 is 10.2 Å². The van der Waals surface area contributed by atoms with Crippen LogP contribution in [0, 0.1) is 0 Å². The number of nitrogens with zero attached hydrogens (tertiary/aromatic N) is 2. The smallest absolute Gasteiger partial charge is 0.279 e. The third kappa shape index (κ3) is 3.50. The maximum atomic E-state index is 11.8. The van der Waals surface area contributed by atoms with Gasteiger partial charge in [-0.15, -0.1) is 0 Å². The van der Waals surface area contributed by atoms with Crippen LogP contribution in [0.1, 0.15) is 5.82 Å². The van der Waals surface area contributed by atoms with Gasteiger partial charge in [0.1, 0.15) is 5.82 Å². The van der Waals surface area contributed by atoms with E-state index in [1.165, 1.54) is 4.31 Å². The van der Waals surface area contributed by atoms with Gasteiger partial charge >= 0.3 is 0 Å². The molecule has 0 amide bonds. The lowest BCUT2D eigenvalue weighted by atomic mass is 10.4. The van der Waals surface area contributed by atoms with Crippen molar-refractivity contribution in [2.24, 2.45) is 0 Å². The number of hydrogen-bond acceptors (Lipinski definition) is 4. The Hall–Kier alpha value is -0.960. The molecular weight excluding hydrogens is 244 g/mol. The van der Waals surface area contributed by atoms with E-state index in [4.69, 9.17) is 4.74 Å². The third-order valence-corrected chi connectivity index (χ3v) is 4.12. The number of rotatable bonds is 5. The molecule has 1 saturated heterocycles. The molecular formula is C9H16N4O3S. The molecule has 8 heteroatoms. The Morgan fingerprint density at radius 3 is 2.88 bits per heavy atom. The molecule has 0 atom stereocenters. The molecule has 2 heterocycles. The van der Waals surface area contributed by atoms with Crippen LogP contribution in [0.15, 0.2) is 12.4 Å². The van der Waals surface area contributed by atoms with Crippen LogP contribution in [0.2, 0.25) is 0 Å². The number of nitrogens with one attached hydrogen (secondary N) is 2. The molecule has 1 aliphatic heterocycles. The molecule has 1 aromatic heterocycles. The Morgan fingerprint density at radius 1 is 1.47 bits per heavy atom. The summed E-state index contributed by atoms with van der Waals surface area (Å²) in [7, 11) is -3.37. The fourth-order valence-corrected chi connectivity index (χ4v) is 2.78. The van der Waals surface area contributed by atoms with E-state index in [9.17, 15) is 8.42 Å². The highest BCUT2D eigenvalue weighted by Crippen LogP contribution is 2.02. The Kier molecular flexibility index (Phi) is 4.11. The van der Waals surface area contributed by atoms with Crippen molar-refractivity contribution in [1.29, 1.82) is 0 Å². The normalized spacial score (nSPS) is 18.4. The highest BCUT2D eigenvalue weighted by Gasteiger charge is 2.23. The van der Waals surface area contributed by atoms with Gasteiger partial charge in [-0.2, -0.15) is 12.7 Å². The third-order valence-electron chi connectivity index (χ3n) is 2.51. The van der Waals surface area contributed by atoms with Gasteiger partial charge in [-0.3, -0.25) is 0 Å². The number of aromatic nitrogens is 2. The molecule has 17 heavy (non-hydrogen) atoms. The summed E-state index contributed by atoms with van der Waals surface area (Å²) in [5, 5.41) is 0. The molecule has 1 aromatic rings. The molecule has 1 aliphatic rings. The van der Waals surface area contributed by atoms with Crippen molar-refractivity contribution in [3.05, 3.63) is 18.2 Å². The Labute approximate surface area is 100 Å². The summed E-state index contributed by atoms with van der Waals surface area (Å²) in [5.41, 5.74) is 0. The van der Waals surface area contributed by atoms with Gasteiger partial charge in [0.15, 0.2) is 0 Å². The molecule has 0 aliphatic carbocycles. The highest BCUT2D eigenvalue weighted by molar-refractivity contribution is 7.87. The molecule has 0 radical (unpaired) electrons. The van der Waals surface area contributed by atoms with Crippen LogP contribution in [-0.4, -0.2) is 55.5 Å². The van der Waals surface area contributed by atoms with Crippen LogP contribution in [0.3, 0.4) is 0 Å². The zero-order valence-electron chi connectivity index (χ0n) is 9.42. The van der Waals surface area contributed by atoms with Gasteiger partial charge < -0.3 is 9.72 Å². The number of aromatic amines is 1. The van der Waals surface area contributed by atoms with Crippen LogP contribution in [0.4, 0.5) is 0 Å². The van der Waals surface area contributed by atoms with Crippen molar-refractivity contribution in [2.75, 3.05) is 32.8 Å². The van der Waals surface area contributed by atoms with Gasteiger partial charge in [0.2, 0.25) is 0 Å². The fourth-order valence-electron chi connectivity index (χ4n) is 1.61. The van der Waals surface area contributed by atoms with Crippen molar-refractivity contribution in [3.8, 4) is 0 Å². The lowest BCUT2D eigenvalue weighted by Crippen LogP contribution is -2.47. The van der Waals surface area contributed by atoms with Gasteiger partial charge in [-0.05, 0) is 0 Å². The summed E-state index contributed by atoms with van der Waals surface area (Å²) < 4.78 is 32.7. The molecule has 0 bridgehead atoms. The van der Waals surface area contributed by atoms with Gasteiger partial charge in [0.05, 0.1) is 13.2 Å². The largest absolute Gasteiger partial charge is 0.379 e. The molecule has 1 fully saturated rings. The van der Waals surface area contributed by atoms with E-state index in [1.807, 2.05) is 0 Å². The molecule has 0 spiro atoms. The number of hydrogen-bond donors (Lipinski definition) is 2. The van der Waals surface area contributed by atoms with Crippen LogP contribution < -0.4 is 4.72 Å². The zero-order chi connectivity index (χ0) is 12.1. The molecule has 7 nitrogen and oxygen atoms in total. The van der Waals surface area contributed by atoms with E-state index in [1.54, 1.807) is 12.4 Å². The lowest BCUT2D eigenvalue weighted by molar-refractivity contribution is 0.0725. The molecule has 0 aromatic carbocycles. The lowest BCUT2D eigenvalue weighted by Gasteiger charge is -2.25. The first-order chi connectivity index (χ1) is 8.18. The second-order valence-corrected chi connectivity index (χ2v) is 5.45. The van der Waals surface area contributed by atoms with Crippen LogP contribution >= 0.6 is 0 Å². The zero-order valence-corrected chi connectivity index (χ0v) is 10.2. The number of morpholine rings is 1. The SMILES string of the molecule is O=S(=O)(NCCc1ncc[nH]1)N1CCOCC1. The monoisotopic (exact) mass is 260 g/mol. The summed E-state index contributed by atoms with van der Waals surface area (Å²) in [6.45, 7) is 2.08. The van der Waals surface area contributed by atoms with Gasteiger partial charge in [-0.25, -0.2) is 9.71 Å². The maximum Gasteiger partial charge on any atom is 0.279 e. The van der Waals surface area contributed by atoms with Crippen molar-refractivity contribution in [3.63, 3.8) is 0 Å².